The normalized spacial score (nSPS) is 11.1. The van der Waals surface area contributed by atoms with E-state index in [1.807, 2.05) is 50.2 Å². The highest BCUT2D eigenvalue weighted by Gasteiger charge is 2.12. The van der Waals surface area contributed by atoms with Crippen LogP contribution in [0.25, 0.3) is 11.0 Å². The van der Waals surface area contributed by atoms with Crippen molar-refractivity contribution in [2.75, 3.05) is 13.2 Å². The van der Waals surface area contributed by atoms with Gasteiger partial charge in [-0.2, -0.15) is 0 Å². The van der Waals surface area contributed by atoms with Crippen molar-refractivity contribution >= 4 is 16.9 Å². The number of nitrogens with one attached hydrogen (secondary N) is 1. The first kappa shape index (κ1) is 25.5. The number of hydrogen-bond acceptors (Lipinski definition) is 3. The zero-order valence-corrected chi connectivity index (χ0v) is 21.9. The molecule has 0 aliphatic rings. The van der Waals surface area contributed by atoms with E-state index in [1.54, 1.807) is 0 Å². The molecule has 0 spiro atoms. The summed E-state index contributed by atoms with van der Waals surface area (Å²) in [5.74, 6) is 2.05. The number of unbranched alkanes of at least 4 members (excludes halogenated alkanes) is 1. The van der Waals surface area contributed by atoms with Gasteiger partial charge in [0, 0.05) is 25.1 Å². The van der Waals surface area contributed by atoms with Crippen molar-refractivity contribution in [2.45, 2.75) is 59.9 Å². The van der Waals surface area contributed by atoms with Crippen molar-refractivity contribution in [1.29, 1.82) is 0 Å². The average Bonchev–Trinajstić information content (AvgIpc) is 3.21. The lowest BCUT2D eigenvalue weighted by Gasteiger charge is -2.12. The van der Waals surface area contributed by atoms with Gasteiger partial charge in [0.1, 0.15) is 11.6 Å². The van der Waals surface area contributed by atoms with Crippen LogP contribution in [-0.2, 0) is 13.0 Å². The van der Waals surface area contributed by atoms with E-state index in [1.165, 1.54) is 22.2 Å². The maximum absolute atomic E-state index is 12.6. The van der Waals surface area contributed by atoms with Crippen LogP contribution < -0.4 is 10.1 Å². The number of ether oxygens (including phenoxy) is 1. The topological polar surface area (TPSA) is 56.2 Å². The fourth-order valence-electron chi connectivity index (χ4n) is 4.61. The molecule has 3 aromatic carbocycles. The molecule has 0 saturated heterocycles. The van der Waals surface area contributed by atoms with Crippen molar-refractivity contribution in [3.05, 3.63) is 94.3 Å². The van der Waals surface area contributed by atoms with E-state index in [-0.39, 0.29) is 5.91 Å². The molecule has 0 bridgehead atoms. The Morgan fingerprint density at radius 1 is 0.917 bits per heavy atom. The molecule has 0 radical (unpaired) electrons. The van der Waals surface area contributed by atoms with Crippen LogP contribution >= 0.6 is 0 Å². The number of benzene rings is 3. The molecule has 0 unspecified atom stereocenters. The molecule has 4 aromatic rings. The van der Waals surface area contributed by atoms with Crippen LogP contribution in [0.2, 0.25) is 0 Å². The van der Waals surface area contributed by atoms with Gasteiger partial charge < -0.3 is 14.6 Å². The van der Waals surface area contributed by atoms with Crippen LogP contribution in [0.1, 0.15) is 57.7 Å². The van der Waals surface area contributed by atoms with E-state index in [4.69, 9.17) is 9.72 Å². The second-order valence-corrected chi connectivity index (χ2v) is 9.60. The highest BCUT2D eigenvalue weighted by Crippen LogP contribution is 2.21. The number of nitrogens with zero attached hydrogens (tertiary/aromatic N) is 2. The van der Waals surface area contributed by atoms with Gasteiger partial charge >= 0.3 is 0 Å². The Morgan fingerprint density at radius 2 is 1.75 bits per heavy atom. The van der Waals surface area contributed by atoms with Gasteiger partial charge in [-0.25, -0.2) is 4.98 Å². The molecule has 5 nitrogen and oxygen atoms in total. The van der Waals surface area contributed by atoms with Crippen molar-refractivity contribution in [3.63, 3.8) is 0 Å². The first-order chi connectivity index (χ1) is 17.4. The first-order valence-corrected chi connectivity index (χ1v) is 12.9. The lowest BCUT2D eigenvalue weighted by Crippen LogP contribution is -2.25. The second kappa shape index (κ2) is 11.9. The quantitative estimate of drug-likeness (QED) is 0.248. The molecule has 36 heavy (non-hydrogen) atoms. The Morgan fingerprint density at radius 3 is 2.58 bits per heavy atom. The van der Waals surface area contributed by atoms with Crippen molar-refractivity contribution in [1.82, 2.24) is 14.9 Å². The van der Waals surface area contributed by atoms with Gasteiger partial charge in [0.05, 0.1) is 17.6 Å². The third kappa shape index (κ3) is 6.14. The summed E-state index contributed by atoms with van der Waals surface area (Å²) in [7, 11) is 0. The molecule has 1 amide bonds. The molecule has 5 heteroatoms. The van der Waals surface area contributed by atoms with Crippen LogP contribution in [0.3, 0.4) is 0 Å². The monoisotopic (exact) mass is 483 g/mol. The number of aryl methyl sites for hydroxylation is 5. The van der Waals surface area contributed by atoms with Crippen LogP contribution in [-0.4, -0.2) is 28.6 Å². The Hall–Kier alpha value is -3.60. The molecule has 0 aliphatic carbocycles. The Balaban J connectivity index is 1.31. The predicted molar refractivity (Wildman–Crippen MR) is 147 cm³/mol. The third-order valence-electron chi connectivity index (χ3n) is 6.81. The van der Waals surface area contributed by atoms with Crippen LogP contribution in [0.15, 0.2) is 60.7 Å². The maximum atomic E-state index is 12.6. The molecule has 1 N–H and O–H groups in total. The molecule has 1 aromatic heterocycles. The van der Waals surface area contributed by atoms with Crippen LogP contribution in [0, 0.1) is 27.7 Å². The van der Waals surface area contributed by atoms with Crippen molar-refractivity contribution < 1.29 is 9.53 Å². The Bertz CT molecular complexity index is 1340. The standard InChI is InChI=1S/C31H37N3O2/c1-22-16-17-26(24(3)21-22)31(35)32-18-10-15-30-33-27-12-5-6-13-28(27)34(30)19-7-8-20-36-29-14-9-11-23(2)25(29)4/h5-6,9,11-14,16-17,21H,7-8,10,15,18-20H2,1-4H3,(H,32,35). The summed E-state index contributed by atoms with van der Waals surface area (Å²) in [4.78, 5) is 17.5. The van der Waals surface area contributed by atoms with Gasteiger partial charge in [0.15, 0.2) is 0 Å². The minimum absolute atomic E-state index is 0.00940. The molecule has 0 atom stereocenters. The summed E-state index contributed by atoms with van der Waals surface area (Å²) >= 11 is 0. The number of aromatic nitrogens is 2. The molecule has 1 heterocycles. The average molecular weight is 484 g/mol. The van der Waals surface area contributed by atoms with E-state index >= 15 is 0 Å². The maximum Gasteiger partial charge on any atom is 0.251 e. The third-order valence-corrected chi connectivity index (χ3v) is 6.81. The molecular formula is C31H37N3O2. The predicted octanol–water partition coefficient (Wildman–Crippen LogP) is 6.49. The van der Waals surface area contributed by atoms with E-state index in [0.29, 0.717) is 13.2 Å². The number of hydrogen-bond donors (Lipinski definition) is 1. The zero-order valence-electron chi connectivity index (χ0n) is 21.9. The summed E-state index contributed by atoms with van der Waals surface area (Å²) in [6, 6.07) is 20.5. The number of rotatable bonds is 11. The largest absolute Gasteiger partial charge is 0.493 e. The van der Waals surface area contributed by atoms with E-state index in [9.17, 15) is 4.79 Å². The Kier molecular flexibility index (Phi) is 8.42. The summed E-state index contributed by atoms with van der Waals surface area (Å²) in [5, 5.41) is 3.07. The van der Waals surface area contributed by atoms with E-state index in [0.717, 1.165) is 60.4 Å². The van der Waals surface area contributed by atoms with E-state index < -0.39 is 0 Å². The molecule has 0 saturated carbocycles. The molecular weight excluding hydrogens is 446 g/mol. The first-order valence-electron chi connectivity index (χ1n) is 12.9. The lowest BCUT2D eigenvalue weighted by molar-refractivity contribution is 0.0952. The molecule has 0 aliphatic heterocycles. The summed E-state index contributed by atoms with van der Waals surface area (Å²) in [5.41, 5.74) is 7.59. The molecule has 188 valence electrons. The van der Waals surface area contributed by atoms with Crippen LogP contribution in [0.4, 0.5) is 0 Å². The van der Waals surface area contributed by atoms with Gasteiger partial charge in [-0.15, -0.1) is 0 Å². The number of para-hydroxylation sites is 2. The summed E-state index contributed by atoms with van der Waals surface area (Å²) in [6.45, 7) is 10.5. The molecule has 4 rings (SSSR count). The number of fused-ring (bicyclic) bond motifs is 1. The number of carbonyl (C=O) groups excluding carboxylic acids is 1. The fourth-order valence-corrected chi connectivity index (χ4v) is 4.61. The summed E-state index contributed by atoms with van der Waals surface area (Å²) < 4.78 is 8.38. The minimum atomic E-state index is -0.00940. The summed E-state index contributed by atoms with van der Waals surface area (Å²) in [6.07, 6.45) is 3.66. The SMILES string of the molecule is Cc1ccc(C(=O)NCCCc2nc3ccccc3n2CCCCOc2cccc(C)c2C)c(C)c1. The molecule has 0 fully saturated rings. The smallest absolute Gasteiger partial charge is 0.251 e. The number of carbonyl (C=O) groups is 1. The fraction of sp³-hybridized carbons (Fsp3) is 0.355. The lowest BCUT2D eigenvalue weighted by atomic mass is 10.1. The van der Waals surface area contributed by atoms with Crippen molar-refractivity contribution in [3.8, 4) is 5.75 Å². The van der Waals surface area contributed by atoms with Crippen molar-refractivity contribution in [2.24, 2.45) is 0 Å². The van der Waals surface area contributed by atoms with Gasteiger partial charge in [-0.05, 0) is 87.9 Å². The second-order valence-electron chi connectivity index (χ2n) is 9.60. The van der Waals surface area contributed by atoms with Crippen LogP contribution in [0.5, 0.6) is 5.75 Å². The minimum Gasteiger partial charge on any atom is -0.493 e. The highest BCUT2D eigenvalue weighted by molar-refractivity contribution is 5.95. The van der Waals surface area contributed by atoms with Gasteiger partial charge in [-0.1, -0.05) is 42.0 Å². The van der Waals surface area contributed by atoms with Gasteiger partial charge in [-0.3, -0.25) is 4.79 Å². The number of amides is 1. The van der Waals surface area contributed by atoms with Gasteiger partial charge in [0.2, 0.25) is 0 Å². The highest BCUT2D eigenvalue weighted by atomic mass is 16.5. The van der Waals surface area contributed by atoms with Gasteiger partial charge in [0.25, 0.3) is 5.91 Å². The Labute approximate surface area is 214 Å². The number of imidazole rings is 1. The zero-order chi connectivity index (χ0) is 25.5. The van der Waals surface area contributed by atoms with E-state index in [2.05, 4.69) is 48.0 Å².